The molecule has 1 aromatic rings. The van der Waals surface area contributed by atoms with Crippen LogP contribution in [-0.2, 0) is 0 Å². The molecule has 1 nitrogen and oxygen atoms in total. The van der Waals surface area contributed by atoms with Crippen LogP contribution in [0.4, 0.5) is 8.78 Å². The van der Waals surface area contributed by atoms with Crippen molar-refractivity contribution in [3.63, 3.8) is 0 Å². The zero-order valence-electron chi connectivity index (χ0n) is 9.94. The average molecular weight is 317 g/mol. The van der Waals surface area contributed by atoms with Crippen molar-refractivity contribution in [3.05, 3.63) is 29.8 Å². The molecule has 0 aromatic heterocycles. The normalized spacial score (nSPS) is 9.12. The fraction of sp³-hybridized carbons (Fsp3) is 0.500. The van der Waals surface area contributed by atoms with Crippen LogP contribution in [0.5, 0.6) is 5.75 Å². The third-order valence-electron chi connectivity index (χ3n) is 2.07. The van der Waals surface area contributed by atoms with Crippen LogP contribution in [0.3, 0.4) is 0 Å². The van der Waals surface area contributed by atoms with Gasteiger partial charge >= 0.3 is 23.1 Å². The number of ether oxygens (including phenoxy) is 1. The maximum absolute atomic E-state index is 13.0. The van der Waals surface area contributed by atoms with Crippen LogP contribution in [0.2, 0.25) is 0 Å². The van der Waals surface area contributed by atoms with Crippen LogP contribution in [0.1, 0.15) is 32.6 Å². The molecule has 0 radical (unpaired) electrons. The smallest absolute Gasteiger partial charge is 1.00 e. The number of halogens is 3. The standard InChI is InChI=1S/C12H15F2O.BrH.Mg/c1-2-3-4-5-8-15-12-7-6-10(13)9-11(12)14;;/h6,9H,2-5,8H2,1H3;1H;/q-1;;+2/p-1. The first-order valence-corrected chi connectivity index (χ1v) is 5.23. The number of hydrogen-bond donors (Lipinski definition) is 0. The first-order chi connectivity index (χ1) is 7.24. The molecule has 0 fully saturated rings. The van der Waals surface area contributed by atoms with Crippen molar-refractivity contribution in [2.75, 3.05) is 6.61 Å². The van der Waals surface area contributed by atoms with Gasteiger partial charge in [-0.05, 0) is 6.42 Å². The molecule has 0 unspecified atom stereocenters. The van der Waals surface area contributed by atoms with Crippen LogP contribution in [0, 0.1) is 17.7 Å². The quantitative estimate of drug-likeness (QED) is 0.418. The summed E-state index contributed by atoms with van der Waals surface area (Å²) in [4.78, 5) is 0. The molecular formula is C12H15BrF2MgO. The van der Waals surface area contributed by atoms with Crippen molar-refractivity contribution in [1.82, 2.24) is 0 Å². The molecule has 0 aliphatic heterocycles. The number of rotatable bonds is 6. The van der Waals surface area contributed by atoms with Gasteiger partial charge in [-0.15, -0.1) is 12.1 Å². The molecule has 1 rings (SSSR count). The first kappa shape index (κ1) is 19.5. The van der Waals surface area contributed by atoms with E-state index in [1.165, 1.54) is 0 Å². The fourth-order valence-electron chi connectivity index (χ4n) is 1.25. The molecule has 0 saturated carbocycles. The third-order valence-corrected chi connectivity index (χ3v) is 2.07. The Morgan fingerprint density at radius 2 is 1.94 bits per heavy atom. The van der Waals surface area contributed by atoms with E-state index in [9.17, 15) is 8.78 Å². The van der Waals surface area contributed by atoms with E-state index in [1.807, 2.05) is 0 Å². The van der Waals surface area contributed by atoms with Gasteiger partial charge < -0.3 is 21.7 Å². The summed E-state index contributed by atoms with van der Waals surface area (Å²) in [6.07, 6.45) is 4.26. The van der Waals surface area contributed by atoms with Crippen molar-refractivity contribution in [2.45, 2.75) is 32.6 Å². The van der Waals surface area contributed by atoms with E-state index in [-0.39, 0.29) is 45.8 Å². The molecule has 0 aliphatic carbocycles. The Hall–Kier alpha value is 0.126. The molecular weight excluding hydrogens is 302 g/mol. The van der Waals surface area contributed by atoms with Gasteiger partial charge in [0, 0.05) is 11.6 Å². The summed E-state index contributed by atoms with van der Waals surface area (Å²) >= 11 is 0. The second kappa shape index (κ2) is 11.2. The Balaban J connectivity index is 0. The van der Waals surface area contributed by atoms with Gasteiger partial charge in [-0.1, -0.05) is 32.3 Å². The summed E-state index contributed by atoms with van der Waals surface area (Å²) < 4.78 is 30.7. The van der Waals surface area contributed by atoms with Crippen molar-refractivity contribution in [1.29, 1.82) is 0 Å². The van der Waals surface area contributed by atoms with E-state index in [0.717, 1.165) is 37.8 Å². The summed E-state index contributed by atoms with van der Waals surface area (Å²) in [7, 11) is 0. The second-order valence-electron chi connectivity index (χ2n) is 3.40. The number of hydrogen-bond acceptors (Lipinski definition) is 1. The maximum Gasteiger partial charge on any atom is 2.00 e. The van der Waals surface area contributed by atoms with Gasteiger partial charge in [-0.25, -0.2) is 0 Å². The van der Waals surface area contributed by atoms with E-state index in [1.54, 1.807) is 0 Å². The minimum Gasteiger partial charge on any atom is -1.00 e. The van der Waals surface area contributed by atoms with Gasteiger partial charge in [0.05, 0.1) is 12.4 Å². The Labute approximate surface area is 128 Å². The molecule has 0 aliphatic rings. The van der Waals surface area contributed by atoms with Crippen LogP contribution >= 0.6 is 0 Å². The van der Waals surface area contributed by atoms with Crippen LogP contribution in [0.15, 0.2) is 12.1 Å². The second-order valence-corrected chi connectivity index (χ2v) is 3.40. The monoisotopic (exact) mass is 316 g/mol. The minimum absolute atomic E-state index is 0. The van der Waals surface area contributed by atoms with E-state index in [4.69, 9.17) is 4.74 Å². The zero-order chi connectivity index (χ0) is 11.1. The van der Waals surface area contributed by atoms with Gasteiger partial charge in [-0.2, -0.15) is 0 Å². The van der Waals surface area contributed by atoms with E-state index in [0.29, 0.717) is 6.61 Å². The van der Waals surface area contributed by atoms with Crippen molar-refractivity contribution < 1.29 is 30.5 Å². The zero-order valence-corrected chi connectivity index (χ0v) is 12.9. The maximum atomic E-state index is 13.0. The van der Waals surface area contributed by atoms with Gasteiger partial charge in [0.15, 0.2) is 0 Å². The number of unbranched alkanes of at least 4 members (excludes halogenated alkanes) is 3. The van der Waals surface area contributed by atoms with Gasteiger partial charge in [-0.3, -0.25) is 8.78 Å². The molecule has 0 atom stereocenters. The predicted molar refractivity (Wildman–Crippen MR) is 60.6 cm³/mol. The summed E-state index contributed by atoms with van der Waals surface area (Å²) in [6, 6.07) is 4.30. The molecule has 17 heavy (non-hydrogen) atoms. The summed E-state index contributed by atoms with van der Waals surface area (Å²) in [5, 5.41) is 0. The van der Waals surface area contributed by atoms with E-state index >= 15 is 0 Å². The number of benzene rings is 1. The summed E-state index contributed by atoms with van der Waals surface area (Å²) in [5.41, 5.74) is 0. The molecule has 0 heterocycles. The molecule has 5 heteroatoms. The van der Waals surface area contributed by atoms with Crippen LogP contribution in [-0.4, -0.2) is 29.7 Å². The van der Waals surface area contributed by atoms with Gasteiger partial charge in [0.1, 0.15) is 0 Å². The largest absolute Gasteiger partial charge is 2.00 e. The van der Waals surface area contributed by atoms with E-state index < -0.39 is 11.6 Å². The Kier molecular flexibility index (Phi) is 12.9. The molecule has 0 spiro atoms. The molecule has 1 aromatic carbocycles. The van der Waals surface area contributed by atoms with Gasteiger partial charge in [0.2, 0.25) is 0 Å². The van der Waals surface area contributed by atoms with E-state index in [2.05, 4.69) is 13.0 Å². The Morgan fingerprint density at radius 1 is 1.24 bits per heavy atom. The molecule has 0 saturated heterocycles. The van der Waals surface area contributed by atoms with Crippen LogP contribution in [0.25, 0.3) is 0 Å². The SMILES string of the molecule is CCCCCCOc1[c-]cc(F)cc1F.[Br-].[Mg+2]. The fourth-order valence-corrected chi connectivity index (χ4v) is 1.25. The minimum atomic E-state index is -0.689. The summed E-state index contributed by atoms with van der Waals surface area (Å²) in [5.74, 6) is -1.32. The topological polar surface area (TPSA) is 9.23 Å². The van der Waals surface area contributed by atoms with Crippen LogP contribution < -0.4 is 21.7 Å². The average Bonchev–Trinajstić information content (AvgIpc) is 2.20. The van der Waals surface area contributed by atoms with Gasteiger partial charge in [0.25, 0.3) is 0 Å². The first-order valence-electron chi connectivity index (χ1n) is 5.23. The Bertz CT molecular complexity index is 311. The third kappa shape index (κ3) is 7.94. The molecule has 92 valence electrons. The molecule has 0 bridgehead atoms. The van der Waals surface area contributed by atoms with Crippen molar-refractivity contribution in [3.8, 4) is 5.75 Å². The molecule has 0 N–H and O–H groups in total. The molecule has 0 amide bonds. The van der Waals surface area contributed by atoms with Crippen molar-refractivity contribution in [2.24, 2.45) is 0 Å². The predicted octanol–water partition coefficient (Wildman–Crippen LogP) is 0.347. The Morgan fingerprint density at radius 3 is 2.53 bits per heavy atom. The van der Waals surface area contributed by atoms with Crippen molar-refractivity contribution >= 4 is 23.1 Å². The summed E-state index contributed by atoms with van der Waals surface area (Å²) in [6.45, 7) is 2.58.